The number of rotatable bonds is 1. The topological polar surface area (TPSA) is 3.24 Å². The van der Waals surface area contributed by atoms with Gasteiger partial charge in [-0.2, -0.15) is 0 Å². The molecule has 0 amide bonds. The van der Waals surface area contributed by atoms with Crippen molar-refractivity contribution in [3.8, 4) is 0 Å². The van der Waals surface area contributed by atoms with Gasteiger partial charge in [0.15, 0.2) is 0 Å². The van der Waals surface area contributed by atoms with Gasteiger partial charge in [0.2, 0.25) is 0 Å². The van der Waals surface area contributed by atoms with E-state index in [1.165, 1.54) is 7.05 Å². The Morgan fingerprint density at radius 3 is 2.50 bits per heavy atom. The molecule has 0 fully saturated rings. The van der Waals surface area contributed by atoms with E-state index in [0.29, 0.717) is 10.8 Å². The predicted molar refractivity (Wildman–Crippen MR) is 40.7 cm³/mol. The van der Waals surface area contributed by atoms with Crippen LogP contribution in [-0.2, 0) is 0 Å². The first-order chi connectivity index (χ1) is 4.70. The van der Waals surface area contributed by atoms with E-state index in [9.17, 15) is 4.48 Å². The molecule has 2 heteroatoms. The molecule has 0 aliphatic rings. The SMILES string of the molecule is Cc1cccc(N(C)F)c1. The zero-order valence-corrected chi connectivity index (χ0v) is 6.13. The van der Waals surface area contributed by atoms with Crippen LogP contribution in [0.3, 0.4) is 0 Å². The Labute approximate surface area is 60.0 Å². The van der Waals surface area contributed by atoms with Crippen LogP contribution < -0.4 is 5.12 Å². The first-order valence-corrected chi connectivity index (χ1v) is 3.16. The molecule has 0 saturated carbocycles. The van der Waals surface area contributed by atoms with E-state index in [1.54, 1.807) is 12.1 Å². The van der Waals surface area contributed by atoms with Crippen LogP contribution in [-0.4, -0.2) is 7.05 Å². The Balaban J connectivity index is 2.96. The van der Waals surface area contributed by atoms with Crippen molar-refractivity contribution < 1.29 is 4.48 Å². The van der Waals surface area contributed by atoms with Crippen molar-refractivity contribution >= 4 is 5.69 Å². The van der Waals surface area contributed by atoms with Gasteiger partial charge in [0.1, 0.15) is 0 Å². The lowest BCUT2D eigenvalue weighted by Crippen LogP contribution is -2.01. The van der Waals surface area contributed by atoms with Gasteiger partial charge < -0.3 is 0 Å². The van der Waals surface area contributed by atoms with Gasteiger partial charge >= 0.3 is 0 Å². The number of aryl methyl sites for hydroxylation is 1. The molecule has 0 aliphatic carbocycles. The van der Waals surface area contributed by atoms with E-state index >= 15 is 0 Å². The highest BCUT2D eigenvalue weighted by Crippen LogP contribution is 2.13. The van der Waals surface area contributed by atoms with Crippen molar-refractivity contribution in [1.29, 1.82) is 0 Å². The molecule has 0 radical (unpaired) electrons. The molecule has 0 heterocycles. The fraction of sp³-hybridized carbons (Fsp3) is 0.250. The maximum Gasteiger partial charge on any atom is 0.0686 e. The highest BCUT2D eigenvalue weighted by atomic mass is 19.2. The molecule has 0 saturated heterocycles. The summed E-state index contributed by atoms with van der Waals surface area (Å²) >= 11 is 0. The predicted octanol–water partition coefficient (Wildman–Crippen LogP) is 2.32. The molecular weight excluding hydrogens is 129 g/mol. The van der Waals surface area contributed by atoms with Crippen molar-refractivity contribution in [3.63, 3.8) is 0 Å². The first-order valence-electron chi connectivity index (χ1n) is 3.16. The fourth-order valence-corrected chi connectivity index (χ4v) is 0.820. The first kappa shape index (κ1) is 7.06. The Morgan fingerprint density at radius 1 is 1.40 bits per heavy atom. The molecule has 0 aromatic heterocycles. The van der Waals surface area contributed by atoms with E-state index in [2.05, 4.69) is 0 Å². The lowest BCUT2D eigenvalue weighted by Gasteiger charge is -2.06. The van der Waals surface area contributed by atoms with Crippen LogP contribution >= 0.6 is 0 Å². The summed E-state index contributed by atoms with van der Waals surface area (Å²) in [6.45, 7) is 1.94. The standard InChI is InChI=1S/C8H10FN/c1-7-4-3-5-8(6-7)10(2)9/h3-6H,1-2H3. The number of benzene rings is 1. The zero-order chi connectivity index (χ0) is 7.56. The quantitative estimate of drug-likeness (QED) is 0.540. The Morgan fingerprint density at radius 2 is 2.10 bits per heavy atom. The van der Waals surface area contributed by atoms with E-state index in [0.717, 1.165) is 5.56 Å². The van der Waals surface area contributed by atoms with Crippen molar-refractivity contribution in [2.45, 2.75) is 6.92 Å². The van der Waals surface area contributed by atoms with Gasteiger partial charge in [-0.1, -0.05) is 12.1 Å². The molecule has 1 aromatic carbocycles. The third kappa shape index (κ3) is 1.47. The molecule has 0 bridgehead atoms. The van der Waals surface area contributed by atoms with Gasteiger partial charge in [-0.25, -0.2) is 5.12 Å². The average molecular weight is 139 g/mol. The smallest absolute Gasteiger partial charge is 0.0686 e. The monoisotopic (exact) mass is 139 g/mol. The Hall–Kier alpha value is -1.05. The number of nitrogens with zero attached hydrogens (tertiary/aromatic N) is 1. The van der Waals surface area contributed by atoms with Crippen molar-refractivity contribution in [2.75, 3.05) is 12.2 Å². The van der Waals surface area contributed by atoms with Crippen LogP contribution in [0.25, 0.3) is 0 Å². The van der Waals surface area contributed by atoms with Gasteiger partial charge in [-0.15, -0.1) is 4.48 Å². The minimum atomic E-state index is 0.597. The zero-order valence-electron chi connectivity index (χ0n) is 6.13. The number of halogens is 1. The maximum absolute atomic E-state index is 12.4. The van der Waals surface area contributed by atoms with Gasteiger partial charge in [0.25, 0.3) is 0 Å². The highest BCUT2D eigenvalue weighted by Gasteiger charge is 1.95. The summed E-state index contributed by atoms with van der Waals surface area (Å²) in [6, 6.07) is 7.29. The van der Waals surface area contributed by atoms with Crippen LogP contribution in [0.4, 0.5) is 10.2 Å². The third-order valence-electron chi connectivity index (χ3n) is 1.36. The summed E-state index contributed by atoms with van der Waals surface area (Å²) in [5.74, 6) is 0. The van der Waals surface area contributed by atoms with Crippen LogP contribution in [0.5, 0.6) is 0 Å². The normalized spacial score (nSPS) is 9.50. The minimum absolute atomic E-state index is 0.597. The van der Waals surface area contributed by atoms with Gasteiger partial charge in [0.05, 0.1) is 5.69 Å². The van der Waals surface area contributed by atoms with Gasteiger partial charge in [0, 0.05) is 7.05 Å². The molecule has 54 valence electrons. The van der Waals surface area contributed by atoms with Crippen LogP contribution in [0.1, 0.15) is 5.56 Å². The third-order valence-corrected chi connectivity index (χ3v) is 1.36. The van der Waals surface area contributed by atoms with Crippen molar-refractivity contribution in [2.24, 2.45) is 0 Å². The summed E-state index contributed by atoms with van der Waals surface area (Å²) in [7, 11) is 1.38. The molecule has 0 unspecified atom stereocenters. The molecule has 0 atom stereocenters. The molecule has 0 N–H and O–H groups in total. The number of hydrogen-bond donors (Lipinski definition) is 0. The van der Waals surface area contributed by atoms with E-state index < -0.39 is 0 Å². The highest BCUT2D eigenvalue weighted by molar-refractivity contribution is 5.44. The van der Waals surface area contributed by atoms with Crippen molar-refractivity contribution in [3.05, 3.63) is 29.8 Å². The summed E-state index contributed by atoms with van der Waals surface area (Å²) in [5, 5.41) is 0.604. The molecule has 10 heavy (non-hydrogen) atoms. The van der Waals surface area contributed by atoms with Gasteiger partial charge in [-0.05, 0) is 24.6 Å². The van der Waals surface area contributed by atoms with Crippen LogP contribution in [0.2, 0.25) is 0 Å². The number of hydrogen-bond acceptors (Lipinski definition) is 1. The Bertz CT molecular complexity index is 220. The molecule has 1 nitrogen and oxygen atoms in total. The molecule has 1 rings (SSSR count). The van der Waals surface area contributed by atoms with E-state index in [-0.39, 0.29) is 0 Å². The second-order valence-corrected chi connectivity index (χ2v) is 2.32. The fourth-order valence-electron chi connectivity index (χ4n) is 0.820. The van der Waals surface area contributed by atoms with Crippen LogP contribution in [0, 0.1) is 6.92 Å². The molecule has 1 aromatic rings. The second kappa shape index (κ2) is 2.69. The van der Waals surface area contributed by atoms with Crippen molar-refractivity contribution in [1.82, 2.24) is 0 Å². The lowest BCUT2D eigenvalue weighted by atomic mass is 10.2. The van der Waals surface area contributed by atoms with E-state index in [1.807, 2.05) is 19.1 Å². The molecule has 0 spiro atoms. The maximum atomic E-state index is 12.4. The second-order valence-electron chi connectivity index (χ2n) is 2.32. The van der Waals surface area contributed by atoms with Crippen LogP contribution in [0.15, 0.2) is 24.3 Å². The van der Waals surface area contributed by atoms with E-state index in [4.69, 9.17) is 0 Å². The lowest BCUT2D eigenvalue weighted by molar-refractivity contribution is 0.476. The largest absolute Gasteiger partial charge is 0.215 e. The minimum Gasteiger partial charge on any atom is -0.215 e. The van der Waals surface area contributed by atoms with Gasteiger partial charge in [-0.3, -0.25) is 0 Å². The Kier molecular flexibility index (Phi) is 1.90. The number of anilines is 1. The summed E-state index contributed by atoms with van der Waals surface area (Å²) < 4.78 is 12.4. The molecular formula is C8H10FN. The summed E-state index contributed by atoms with van der Waals surface area (Å²) in [5.41, 5.74) is 1.67. The summed E-state index contributed by atoms with van der Waals surface area (Å²) in [4.78, 5) is 0. The molecule has 0 aliphatic heterocycles. The summed E-state index contributed by atoms with van der Waals surface area (Å²) in [6.07, 6.45) is 0. The average Bonchev–Trinajstić information content (AvgIpc) is 1.88.